The number of nitrogens with zero attached hydrogens (tertiary/aromatic N) is 5. The molecule has 0 rings (SSSR count). The molecule has 0 aromatic carbocycles. The zero-order chi connectivity index (χ0) is 9.56. The molecule has 1 unspecified atom stereocenters. The van der Waals surface area contributed by atoms with Crippen LogP contribution >= 0.6 is 0 Å². The topological polar surface area (TPSA) is 95.1 Å². The Morgan fingerprint density at radius 1 is 1.83 bits per heavy atom. The second-order valence-electron chi connectivity index (χ2n) is 2.24. The van der Waals surface area contributed by atoms with Gasteiger partial charge in [0, 0.05) is 4.91 Å². The standard InChI is InChI=1S/C5H11N5O2/c1-3-4-9(10(11)12)5(2)7-8-6/h5H,3-4H2,1-2H3. The van der Waals surface area contributed by atoms with Crippen molar-refractivity contribution in [2.45, 2.75) is 26.4 Å². The number of hydrazine groups is 1. The summed E-state index contributed by atoms with van der Waals surface area (Å²) in [6, 6.07) is 0. The Labute approximate surface area is 69.7 Å². The molecule has 0 aliphatic rings. The average Bonchev–Trinajstić information content (AvgIpc) is 1.99. The summed E-state index contributed by atoms with van der Waals surface area (Å²) < 4.78 is 0. The van der Waals surface area contributed by atoms with E-state index in [-0.39, 0.29) is 6.54 Å². The van der Waals surface area contributed by atoms with Gasteiger partial charge < -0.3 is 0 Å². The second kappa shape index (κ2) is 5.20. The first-order valence-electron chi connectivity index (χ1n) is 3.58. The van der Waals surface area contributed by atoms with Crippen LogP contribution in [0.5, 0.6) is 0 Å². The van der Waals surface area contributed by atoms with Crippen molar-refractivity contribution in [3.05, 3.63) is 20.6 Å². The van der Waals surface area contributed by atoms with E-state index in [1.54, 1.807) is 0 Å². The third kappa shape index (κ3) is 3.07. The molecule has 0 aliphatic heterocycles. The van der Waals surface area contributed by atoms with Crippen LogP contribution in [-0.4, -0.2) is 22.8 Å². The van der Waals surface area contributed by atoms with Crippen LogP contribution in [-0.2, 0) is 0 Å². The van der Waals surface area contributed by atoms with E-state index in [9.17, 15) is 10.1 Å². The Bertz CT molecular complexity index is 200. The monoisotopic (exact) mass is 173 g/mol. The van der Waals surface area contributed by atoms with Crippen LogP contribution in [0.4, 0.5) is 0 Å². The molecule has 0 radical (unpaired) electrons. The van der Waals surface area contributed by atoms with Gasteiger partial charge in [0.05, 0.1) is 6.54 Å². The zero-order valence-electron chi connectivity index (χ0n) is 7.04. The van der Waals surface area contributed by atoms with Gasteiger partial charge in [-0.2, -0.15) is 0 Å². The van der Waals surface area contributed by atoms with E-state index >= 15 is 0 Å². The van der Waals surface area contributed by atoms with Crippen molar-refractivity contribution in [1.82, 2.24) is 5.01 Å². The Kier molecular flexibility index (Phi) is 4.55. The van der Waals surface area contributed by atoms with Crippen molar-refractivity contribution in [3.63, 3.8) is 0 Å². The summed E-state index contributed by atoms with van der Waals surface area (Å²) in [5.41, 5.74) is 8.04. The predicted molar refractivity (Wildman–Crippen MR) is 42.6 cm³/mol. The van der Waals surface area contributed by atoms with Crippen molar-refractivity contribution in [2.75, 3.05) is 6.54 Å². The fraction of sp³-hybridized carbons (Fsp3) is 1.00. The van der Waals surface area contributed by atoms with Gasteiger partial charge in [-0.3, -0.25) is 0 Å². The lowest BCUT2D eigenvalue weighted by Crippen LogP contribution is -2.37. The quantitative estimate of drug-likeness (QED) is 0.207. The lowest BCUT2D eigenvalue weighted by Gasteiger charge is -2.15. The largest absolute Gasteiger partial charge is 0.235 e. The molecule has 7 heteroatoms. The van der Waals surface area contributed by atoms with Gasteiger partial charge in [-0.1, -0.05) is 12.0 Å². The maximum Gasteiger partial charge on any atom is 0.165 e. The zero-order valence-corrected chi connectivity index (χ0v) is 7.04. The fourth-order valence-electron chi connectivity index (χ4n) is 0.768. The Morgan fingerprint density at radius 3 is 2.75 bits per heavy atom. The molecule has 68 valence electrons. The number of rotatable bonds is 5. The number of hydrogen-bond donors (Lipinski definition) is 0. The molecule has 0 aliphatic carbocycles. The molecule has 0 saturated carbocycles. The maximum absolute atomic E-state index is 10.4. The van der Waals surface area contributed by atoms with Crippen molar-refractivity contribution >= 4 is 0 Å². The van der Waals surface area contributed by atoms with Crippen molar-refractivity contribution in [3.8, 4) is 0 Å². The summed E-state index contributed by atoms with van der Waals surface area (Å²) in [5, 5.41) is 13.9. The highest BCUT2D eigenvalue weighted by Crippen LogP contribution is 2.01. The van der Waals surface area contributed by atoms with Crippen molar-refractivity contribution in [2.24, 2.45) is 5.11 Å². The van der Waals surface area contributed by atoms with Gasteiger partial charge in [0.25, 0.3) is 0 Å². The van der Waals surface area contributed by atoms with E-state index in [2.05, 4.69) is 10.0 Å². The molecule has 0 aromatic heterocycles. The molecule has 12 heavy (non-hydrogen) atoms. The summed E-state index contributed by atoms with van der Waals surface area (Å²) >= 11 is 0. The van der Waals surface area contributed by atoms with Crippen LogP contribution in [0.2, 0.25) is 0 Å². The molecule has 0 heterocycles. The molecular formula is C5H11N5O2. The summed E-state index contributed by atoms with van der Waals surface area (Å²) in [4.78, 5) is 12.9. The van der Waals surface area contributed by atoms with E-state index in [1.807, 2.05) is 6.92 Å². The molecule has 0 N–H and O–H groups in total. The van der Waals surface area contributed by atoms with Crippen molar-refractivity contribution in [1.29, 1.82) is 0 Å². The fourth-order valence-corrected chi connectivity index (χ4v) is 0.768. The molecule has 1 atom stereocenters. The summed E-state index contributed by atoms with van der Waals surface area (Å²) in [6.07, 6.45) is -0.0864. The number of nitro groups is 1. The summed E-state index contributed by atoms with van der Waals surface area (Å²) in [5.74, 6) is 0. The Hall–Kier alpha value is -1.49. The Balaban J connectivity index is 4.27. The molecule has 7 nitrogen and oxygen atoms in total. The highest BCUT2D eigenvalue weighted by atomic mass is 16.7. The molecule has 0 spiro atoms. The van der Waals surface area contributed by atoms with E-state index < -0.39 is 11.2 Å². The van der Waals surface area contributed by atoms with Gasteiger partial charge in [0.2, 0.25) is 0 Å². The minimum Gasteiger partial charge on any atom is -0.235 e. The molecule has 0 fully saturated rings. The van der Waals surface area contributed by atoms with E-state index in [0.29, 0.717) is 6.42 Å². The van der Waals surface area contributed by atoms with E-state index in [4.69, 9.17) is 5.53 Å². The maximum atomic E-state index is 10.4. The third-order valence-corrected chi connectivity index (χ3v) is 1.31. The molecular weight excluding hydrogens is 162 g/mol. The van der Waals surface area contributed by atoms with Crippen LogP contribution in [0.15, 0.2) is 5.11 Å². The van der Waals surface area contributed by atoms with Gasteiger partial charge >= 0.3 is 0 Å². The van der Waals surface area contributed by atoms with E-state index in [1.165, 1.54) is 6.92 Å². The van der Waals surface area contributed by atoms with Crippen molar-refractivity contribution < 1.29 is 5.03 Å². The smallest absolute Gasteiger partial charge is 0.165 e. The van der Waals surface area contributed by atoms with Gasteiger partial charge in [-0.25, -0.2) is 10.1 Å². The van der Waals surface area contributed by atoms with Gasteiger partial charge in [0.1, 0.15) is 0 Å². The first-order valence-corrected chi connectivity index (χ1v) is 3.58. The van der Waals surface area contributed by atoms with E-state index in [0.717, 1.165) is 5.01 Å². The average molecular weight is 173 g/mol. The minimum atomic E-state index is -0.732. The second-order valence-corrected chi connectivity index (χ2v) is 2.24. The normalized spacial score (nSPS) is 11.5. The third-order valence-electron chi connectivity index (χ3n) is 1.31. The van der Waals surface area contributed by atoms with Gasteiger partial charge in [0.15, 0.2) is 11.2 Å². The molecule has 0 aromatic rings. The number of hydrogen-bond acceptors (Lipinski definition) is 3. The van der Waals surface area contributed by atoms with Gasteiger partial charge in [-0.15, -0.1) is 5.01 Å². The van der Waals surface area contributed by atoms with Crippen LogP contribution in [0.3, 0.4) is 0 Å². The molecule has 0 saturated heterocycles. The Morgan fingerprint density at radius 2 is 2.42 bits per heavy atom. The molecule has 0 amide bonds. The number of azide groups is 1. The van der Waals surface area contributed by atoms with Crippen LogP contribution in [0.25, 0.3) is 10.4 Å². The van der Waals surface area contributed by atoms with Crippen LogP contribution in [0.1, 0.15) is 20.3 Å². The molecule has 0 bridgehead atoms. The minimum absolute atomic E-state index is 0.285. The van der Waals surface area contributed by atoms with Gasteiger partial charge in [-0.05, 0) is 18.9 Å². The first kappa shape index (κ1) is 10.5. The summed E-state index contributed by atoms with van der Waals surface area (Å²) in [7, 11) is 0. The SMILES string of the molecule is CCCN(C(C)N=[N+]=[N-])[N+](=O)[O-]. The highest BCUT2D eigenvalue weighted by molar-refractivity contribution is 4.56. The van der Waals surface area contributed by atoms with Crippen LogP contribution in [0, 0.1) is 10.1 Å². The summed E-state index contributed by atoms with van der Waals surface area (Å²) in [6.45, 7) is 3.59. The predicted octanol–water partition coefficient (Wildman–Crippen LogP) is 1.55. The lowest BCUT2D eigenvalue weighted by atomic mass is 10.4. The van der Waals surface area contributed by atoms with Crippen LogP contribution < -0.4 is 0 Å². The lowest BCUT2D eigenvalue weighted by molar-refractivity contribution is -0.663. The first-order chi connectivity index (χ1) is 5.63. The highest BCUT2D eigenvalue weighted by Gasteiger charge is 2.19.